The van der Waals surface area contributed by atoms with E-state index in [4.69, 9.17) is 4.74 Å². The van der Waals surface area contributed by atoms with Gasteiger partial charge in [-0.3, -0.25) is 4.79 Å². The smallest absolute Gasteiger partial charge is 0.155 e. The van der Waals surface area contributed by atoms with Crippen LogP contribution in [0.4, 0.5) is 0 Å². The zero-order valence-electron chi connectivity index (χ0n) is 9.03. The molecule has 2 heteroatoms. The van der Waals surface area contributed by atoms with Crippen LogP contribution in [0.1, 0.15) is 32.6 Å². The molecule has 80 valence electrons. The first-order chi connectivity index (χ1) is 7.11. The third-order valence-electron chi connectivity index (χ3n) is 5.32. The predicted molar refractivity (Wildman–Crippen MR) is 55.3 cm³/mol. The van der Waals surface area contributed by atoms with Crippen LogP contribution in [0.25, 0.3) is 0 Å². The second-order valence-corrected chi connectivity index (χ2v) is 6.13. The number of allylic oxidation sites excluding steroid dienone is 2. The first-order valence-electron chi connectivity index (χ1n) is 6.01. The molecule has 0 N–H and O–H groups in total. The van der Waals surface area contributed by atoms with Gasteiger partial charge in [-0.15, -0.1) is 0 Å². The Morgan fingerprint density at radius 3 is 3.20 bits per heavy atom. The molecule has 2 nitrogen and oxygen atoms in total. The van der Waals surface area contributed by atoms with E-state index < -0.39 is 0 Å². The van der Waals surface area contributed by atoms with Crippen molar-refractivity contribution in [2.45, 2.75) is 44.3 Å². The predicted octanol–water partition coefficient (Wildman–Crippen LogP) is 2.09. The maximum atomic E-state index is 11.5. The number of ketones is 1. The summed E-state index contributed by atoms with van der Waals surface area (Å²) in [7, 11) is 0. The van der Waals surface area contributed by atoms with Gasteiger partial charge < -0.3 is 4.74 Å². The molecule has 2 heterocycles. The fourth-order valence-electron chi connectivity index (χ4n) is 4.72. The van der Waals surface area contributed by atoms with Crippen LogP contribution in [0.2, 0.25) is 0 Å². The number of hydrogen-bond acceptors (Lipinski definition) is 2. The van der Waals surface area contributed by atoms with Crippen molar-refractivity contribution < 1.29 is 9.53 Å². The van der Waals surface area contributed by atoms with Gasteiger partial charge >= 0.3 is 0 Å². The molecule has 5 aliphatic rings. The molecule has 0 aromatic heterocycles. The highest BCUT2D eigenvalue weighted by Gasteiger charge is 2.67. The van der Waals surface area contributed by atoms with Crippen LogP contribution >= 0.6 is 0 Å². The van der Waals surface area contributed by atoms with Crippen molar-refractivity contribution in [2.24, 2.45) is 17.3 Å². The molecule has 2 saturated carbocycles. The zero-order valence-corrected chi connectivity index (χ0v) is 9.03. The topological polar surface area (TPSA) is 26.3 Å². The summed E-state index contributed by atoms with van der Waals surface area (Å²) in [5.74, 6) is 1.53. The molecule has 0 aromatic rings. The van der Waals surface area contributed by atoms with Crippen molar-refractivity contribution in [1.82, 2.24) is 0 Å². The van der Waals surface area contributed by atoms with Gasteiger partial charge in [-0.05, 0) is 43.6 Å². The van der Waals surface area contributed by atoms with Gasteiger partial charge in [-0.2, -0.15) is 0 Å². The second kappa shape index (κ2) is 2.22. The van der Waals surface area contributed by atoms with Gasteiger partial charge in [-0.1, -0.05) is 6.08 Å². The van der Waals surface area contributed by atoms with Crippen molar-refractivity contribution in [2.75, 3.05) is 0 Å². The number of carbonyl (C=O) groups excluding carboxylic acids is 1. The van der Waals surface area contributed by atoms with Crippen LogP contribution in [0.15, 0.2) is 12.2 Å². The molecule has 0 aromatic carbocycles. The molecule has 2 aliphatic heterocycles. The Bertz CT molecular complexity index is 386. The minimum Gasteiger partial charge on any atom is -0.371 e. The summed E-state index contributed by atoms with van der Waals surface area (Å²) in [5, 5.41) is 0. The van der Waals surface area contributed by atoms with Crippen LogP contribution < -0.4 is 0 Å². The van der Waals surface area contributed by atoms with Gasteiger partial charge in [0.05, 0.1) is 11.7 Å². The van der Waals surface area contributed by atoms with Crippen LogP contribution in [0, 0.1) is 17.3 Å². The molecular formula is C13H16O2. The Balaban J connectivity index is 1.86. The van der Waals surface area contributed by atoms with E-state index in [2.05, 4.69) is 13.0 Å². The van der Waals surface area contributed by atoms with E-state index in [0.717, 1.165) is 18.8 Å². The highest BCUT2D eigenvalue weighted by atomic mass is 16.5. The normalized spacial score (nSPS) is 60.1. The van der Waals surface area contributed by atoms with Gasteiger partial charge in [0.2, 0.25) is 0 Å². The highest BCUT2D eigenvalue weighted by molar-refractivity contribution is 5.91. The Kier molecular flexibility index (Phi) is 1.26. The summed E-state index contributed by atoms with van der Waals surface area (Å²) in [4.78, 5) is 11.5. The summed E-state index contributed by atoms with van der Waals surface area (Å²) in [5.41, 5.74) is 0.459. The lowest BCUT2D eigenvalue weighted by Crippen LogP contribution is -2.46. The maximum absolute atomic E-state index is 11.5. The molecule has 1 spiro atoms. The van der Waals surface area contributed by atoms with Crippen LogP contribution in [0.5, 0.6) is 0 Å². The minimum absolute atomic E-state index is 0.131. The number of ether oxygens (including phenoxy) is 1. The molecular weight excluding hydrogens is 188 g/mol. The third-order valence-corrected chi connectivity index (χ3v) is 5.32. The van der Waals surface area contributed by atoms with E-state index in [0.29, 0.717) is 23.2 Å². The molecule has 4 bridgehead atoms. The molecule has 15 heavy (non-hydrogen) atoms. The highest BCUT2D eigenvalue weighted by Crippen LogP contribution is 2.68. The number of rotatable bonds is 0. The van der Waals surface area contributed by atoms with E-state index in [9.17, 15) is 4.79 Å². The summed E-state index contributed by atoms with van der Waals surface area (Å²) in [6.07, 6.45) is 8.75. The average molecular weight is 204 g/mol. The van der Waals surface area contributed by atoms with Crippen LogP contribution in [0.3, 0.4) is 0 Å². The molecule has 5 rings (SSSR count). The van der Waals surface area contributed by atoms with E-state index in [1.807, 2.05) is 6.08 Å². The van der Waals surface area contributed by atoms with Gasteiger partial charge in [0, 0.05) is 12.3 Å². The van der Waals surface area contributed by atoms with Crippen molar-refractivity contribution in [3.8, 4) is 0 Å². The van der Waals surface area contributed by atoms with E-state index in [1.165, 1.54) is 12.8 Å². The minimum atomic E-state index is 0.131. The second-order valence-electron chi connectivity index (χ2n) is 6.13. The largest absolute Gasteiger partial charge is 0.371 e. The first-order valence-corrected chi connectivity index (χ1v) is 6.01. The van der Waals surface area contributed by atoms with Crippen molar-refractivity contribution in [3.63, 3.8) is 0 Å². The fraction of sp³-hybridized carbons (Fsp3) is 0.769. The summed E-state index contributed by atoms with van der Waals surface area (Å²) in [6.45, 7) is 2.27. The van der Waals surface area contributed by atoms with Crippen molar-refractivity contribution in [3.05, 3.63) is 12.2 Å². The molecule has 3 unspecified atom stereocenters. The maximum Gasteiger partial charge on any atom is 0.155 e. The molecule has 3 aliphatic carbocycles. The number of carbonyl (C=O) groups is 1. The van der Waals surface area contributed by atoms with Gasteiger partial charge in [0.25, 0.3) is 0 Å². The van der Waals surface area contributed by atoms with Crippen LogP contribution in [-0.2, 0) is 9.53 Å². The monoisotopic (exact) mass is 204 g/mol. The molecule has 5 atom stereocenters. The lowest BCUT2D eigenvalue weighted by Gasteiger charge is -2.47. The number of hydrogen-bond donors (Lipinski definition) is 0. The lowest BCUT2D eigenvalue weighted by molar-refractivity contribution is -0.137. The molecule has 2 saturated heterocycles. The van der Waals surface area contributed by atoms with Gasteiger partial charge in [0.15, 0.2) is 5.78 Å². The van der Waals surface area contributed by atoms with E-state index in [1.54, 1.807) is 0 Å². The van der Waals surface area contributed by atoms with E-state index in [-0.39, 0.29) is 5.60 Å². The Morgan fingerprint density at radius 1 is 1.53 bits per heavy atom. The summed E-state index contributed by atoms with van der Waals surface area (Å²) in [6, 6.07) is 0. The Hall–Kier alpha value is -0.630. The standard InChI is InChI=1S/C13H16O2/c1-12-7-13-3-2-9(14)5-10(13)11(15-12)4-8(12)6-13/h2-3,8,10-11H,4-7H2,1H3/t8?,10?,11-,12?,13-/m0/s1. The quantitative estimate of drug-likeness (QED) is 0.604. The molecule has 4 fully saturated rings. The average Bonchev–Trinajstić information content (AvgIpc) is 2.54. The van der Waals surface area contributed by atoms with Gasteiger partial charge in [-0.25, -0.2) is 0 Å². The lowest BCUT2D eigenvalue weighted by atomic mass is 9.62. The molecule has 0 radical (unpaired) electrons. The summed E-state index contributed by atoms with van der Waals surface area (Å²) < 4.78 is 6.17. The SMILES string of the molecule is CC12C[C@@]34C=CC(=O)CC3[C@H](CC1C4)O2. The summed E-state index contributed by atoms with van der Waals surface area (Å²) >= 11 is 0. The van der Waals surface area contributed by atoms with E-state index >= 15 is 0 Å². The fourth-order valence-corrected chi connectivity index (χ4v) is 4.72. The van der Waals surface area contributed by atoms with Crippen LogP contribution in [-0.4, -0.2) is 17.5 Å². The Labute approximate surface area is 89.7 Å². The molecule has 0 amide bonds. The third kappa shape index (κ3) is 0.840. The van der Waals surface area contributed by atoms with Crippen molar-refractivity contribution >= 4 is 5.78 Å². The zero-order chi connectivity index (χ0) is 10.3. The van der Waals surface area contributed by atoms with Crippen molar-refractivity contribution in [1.29, 1.82) is 0 Å². The first kappa shape index (κ1) is 8.51. The van der Waals surface area contributed by atoms with Gasteiger partial charge in [0.1, 0.15) is 0 Å². The Morgan fingerprint density at radius 2 is 2.40 bits per heavy atom.